The molecule has 0 bridgehead atoms. The summed E-state index contributed by atoms with van der Waals surface area (Å²) in [6, 6.07) is 12.4. The number of H-pyrrole nitrogens is 1. The predicted octanol–water partition coefficient (Wildman–Crippen LogP) is 3.79. The molecule has 4 rings (SSSR count). The smallest absolute Gasteiger partial charge is 0.210 e. The van der Waals surface area contributed by atoms with Crippen LogP contribution in [-0.4, -0.2) is 11.2 Å². The molecule has 2 aromatic carbocycles. The van der Waals surface area contributed by atoms with Crippen molar-refractivity contribution in [1.82, 2.24) is 10.3 Å². The van der Waals surface area contributed by atoms with Crippen LogP contribution in [0.1, 0.15) is 22.3 Å². The first-order chi connectivity index (χ1) is 12.4. The Balaban J connectivity index is 1.63. The van der Waals surface area contributed by atoms with E-state index in [0.717, 1.165) is 28.0 Å². The van der Waals surface area contributed by atoms with E-state index in [9.17, 15) is 0 Å². The summed E-state index contributed by atoms with van der Waals surface area (Å²) in [7, 11) is 0. The molecule has 3 aromatic rings. The fraction of sp³-hybridized carbons (Fsp3) is 0.190. The molecule has 132 valence electrons. The van der Waals surface area contributed by atoms with Gasteiger partial charge in [0, 0.05) is 29.2 Å². The number of rotatable bonds is 3. The molecule has 0 saturated carbocycles. The van der Waals surface area contributed by atoms with Gasteiger partial charge in [-0.15, -0.1) is 0 Å². The van der Waals surface area contributed by atoms with Crippen LogP contribution in [0.25, 0.3) is 10.9 Å². The number of nitrogens with two attached hydrogens (primary N) is 1. The number of aromatic nitrogens is 1. The third kappa shape index (κ3) is 2.86. The van der Waals surface area contributed by atoms with Gasteiger partial charge in [0.2, 0.25) is 5.79 Å². The van der Waals surface area contributed by atoms with Crippen LogP contribution in [0.4, 0.5) is 5.69 Å². The van der Waals surface area contributed by atoms with Crippen LogP contribution in [0.3, 0.4) is 0 Å². The van der Waals surface area contributed by atoms with E-state index in [1.165, 1.54) is 16.7 Å². The number of anilines is 1. The average molecular weight is 345 g/mol. The summed E-state index contributed by atoms with van der Waals surface area (Å²) in [4.78, 5) is 7.69. The Bertz CT molecular complexity index is 1020. The molecule has 0 spiro atoms. The summed E-state index contributed by atoms with van der Waals surface area (Å²) < 4.78 is 0. The number of fused-ring (bicyclic) bond motifs is 1. The number of nitrogens with one attached hydrogen (secondary N) is 3. The highest BCUT2D eigenvalue weighted by Gasteiger charge is 2.29. The predicted molar refractivity (Wildman–Crippen MR) is 108 cm³/mol. The molecular formula is C21H23N5. The quantitative estimate of drug-likeness (QED) is 0.583. The lowest BCUT2D eigenvalue weighted by atomic mass is 10.0. The monoisotopic (exact) mass is 345 g/mol. The van der Waals surface area contributed by atoms with Gasteiger partial charge in [0.05, 0.1) is 0 Å². The molecule has 1 unspecified atom stereocenters. The summed E-state index contributed by atoms with van der Waals surface area (Å²) in [6.07, 6.45) is 5.57. The summed E-state index contributed by atoms with van der Waals surface area (Å²) >= 11 is 0. The van der Waals surface area contributed by atoms with E-state index < -0.39 is 5.79 Å². The summed E-state index contributed by atoms with van der Waals surface area (Å²) in [5, 5.41) is 7.92. The molecule has 2 heterocycles. The van der Waals surface area contributed by atoms with Crippen molar-refractivity contribution in [1.29, 1.82) is 0 Å². The Labute approximate surface area is 153 Å². The number of benzene rings is 2. The zero-order valence-electron chi connectivity index (χ0n) is 15.2. The van der Waals surface area contributed by atoms with E-state index in [4.69, 9.17) is 5.73 Å². The molecular weight excluding hydrogens is 322 g/mol. The first-order valence-electron chi connectivity index (χ1n) is 8.70. The van der Waals surface area contributed by atoms with Gasteiger partial charge in [-0.2, -0.15) is 0 Å². The maximum Gasteiger partial charge on any atom is 0.210 e. The van der Waals surface area contributed by atoms with Crippen molar-refractivity contribution in [3.8, 4) is 0 Å². The van der Waals surface area contributed by atoms with Gasteiger partial charge < -0.3 is 15.6 Å². The van der Waals surface area contributed by atoms with E-state index in [-0.39, 0.29) is 0 Å². The molecule has 1 aliphatic rings. The molecule has 1 aromatic heterocycles. The Hall–Kier alpha value is -3.05. The van der Waals surface area contributed by atoms with Crippen molar-refractivity contribution in [2.45, 2.75) is 26.6 Å². The van der Waals surface area contributed by atoms with Gasteiger partial charge in [-0.1, -0.05) is 23.8 Å². The lowest BCUT2D eigenvalue weighted by molar-refractivity contribution is 0.399. The number of aryl methyl sites for hydroxylation is 3. The van der Waals surface area contributed by atoms with Gasteiger partial charge in [-0.3, -0.25) is 5.73 Å². The number of nitrogens with zero attached hydrogens (tertiary/aromatic N) is 1. The number of allylic oxidation sites excluding steroid dienone is 1. The topological polar surface area (TPSA) is 78.2 Å². The minimum atomic E-state index is -1.00. The molecule has 1 aliphatic heterocycles. The zero-order chi connectivity index (χ0) is 18.3. The number of aliphatic imine (C=N–C) groups is 1. The van der Waals surface area contributed by atoms with Crippen LogP contribution < -0.4 is 16.4 Å². The fourth-order valence-electron chi connectivity index (χ4n) is 3.53. The van der Waals surface area contributed by atoms with Gasteiger partial charge in [0.25, 0.3) is 0 Å². The Morgan fingerprint density at radius 3 is 2.58 bits per heavy atom. The van der Waals surface area contributed by atoms with Gasteiger partial charge in [0.1, 0.15) is 5.82 Å². The van der Waals surface area contributed by atoms with E-state index in [1.807, 2.05) is 30.5 Å². The van der Waals surface area contributed by atoms with Crippen LogP contribution >= 0.6 is 0 Å². The molecule has 0 saturated heterocycles. The van der Waals surface area contributed by atoms with Gasteiger partial charge in [0.15, 0.2) is 0 Å². The van der Waals surface area contributed by atoms with Crippen molar-refractivity contribution >= 4 is 22.8 Å². The molecule has 5 nitrogen and oxygen atoms in total. The third-order valence-electron chi connectivity index (χ3n) is 4.77. The second-order valence-electron chi connectivity index (χ2n) is 6.93. The highest BCUT2D eigenvalue weighted by Crippen LogP contribution is 2.27. The summed E-state index contributed by atoms with van der Waals surface area (Å²) in [6.45, 7) is 6.32. The Kier molecular flexibility index (Phi) is 3.81. The second-order valence-corrected chi connectivity index (χ2v) is 6.93. The molecule has 0 amide bonds. The van der Waals surface area contributed by atoms with Crippen molar-refractivity contribution in [2.75, 3.05) is 5.32 Å². The number of aromatic amines is 1. The maximum atomic E-state index is 6.58. The molecule has 1 atom stereocenters. The van der Waals surface area contributed by atoms with Crippen LogP contribution in [0, 0.1) is 20.8 Å². The largest absolute Gasteiger partial charge is 0.361 e. The molecule has 0 fully saturated rings. The summed E-state index contributed by atoms with van der Waals surface area (Å²) in [5.74, 6) is -0.179. The fourth-order valence-corrected chi connectivity index (χ4v) is 3.53. The van der Waals surface area contributed by atoms with E-state index in [1.54, 1.807) is 6.21 Å². The highest BCUT2D eigenvalue weighted by molar-refractivity contribution is 5.81. The number of hydrogen-bond donors (Lipinski definition) is 4. The first-order valence-corrected chi connectivity index (χ1v) is 8.70. The Morgan fingerprint density at radius 1 is 1.04 bits per heavy atom. The van der Waals surface area contributed by atoms with E-state index >= 15 is 0 Å². The van der Waals surface area contributed by atoms with Crippen LogP contribution in [0.2, 0.25) is 0 Å². The molecule has 0 aliphatic carbocycles. The lowest BCUT2D eigenvalue weighted by Gasteiger charge is -2.32. The second kappa shape index (κ2) is 6.04. The normalized spacial score (nSPS) is 19.3. The van der Waals surface area contributed by atoms with Crippen molar-refractivity contribution in [3.05, 3.63) is 76.7 Å². The van der Waals surface area contributed by atoms with E-state index in [0.29, 0.717) is 0 Å². The first kappa shape index (κ1) is 16.4. The maximum absolute atomic E-state index is 6.58. The molecule has 0 radical (unpaired) electrons. The van der Waals surface area contributed by atoms with Gasteiger partial charge in [-0.05, 0) is 61.6 Å². The molecule has 5 N–H and O–H groups in total. The number of hydrogen-bond acceptors (Lipinski definition) is 4. The minimum Gasteiger partial charge on any atom is -0.361 e. The molecule has 26 heavy (non-hydrogen) atoms. The third-order valence-corrected chi connectivity index (χ3v) is 4.77. The van der Waals surface area contributed by atoms with Gasteiger partial charge >= 0.3 is 0 Å². The highest BCUT2D eigenvalue weighted by atomic mass is 15.3. The van der Waals surface area contributed by atoms with Crippen LogP contribution in [-0.2, 0) is 5.79 Å². The standard InChI is InChI=1S/C21H23N5/c1-13-10-14(2)20(15(3)11-13)25-19-7-9-24-21(22,26-19)17-4-5-18-16(12-17)6-8-23-18/h4-12,23,25-26H,22H2,1-3H3. The van der Waals surface area contributed by atoms with Crippen molar-refractivity contribution in [3.63, 3.8) is 0 Å². The summed E-state index contributed by atoms with van der Waals surface area (Å²) in [5.41, 5.74) is 13.3. The molecule has 5 heteroatoms. The minimum absolute atomic E-state index is 0.826. The van der Waals surface area contributed by atoms with Crippen molar-refractivity contribution in [2.24, 2.45) is 10.7 Å². The average Bonchev–Trinajstić information content (AvgIpc) is 3.06. The zero-order valence-corrected chi connectivity index (χ0v) is 15.2. The SMILES string of the molecule is Cc1cc(C)c(NC2=CC=NC(N)(c3ccc4[nH]ccc4c3)N2)c(C)c1. The lowest BCUT2D eigenvalue weighted by Crippen LogP contribution is -2.51. The van der Waals surface area contributed by atoms with Crippen molar-refractivity contribution < 1.29 is 0 Å². The van der Waals surface area contributed by atoms with E-state index in [2.05, 4.69) is 59.6 Å². The van der Waals surface area contributed by atoms with Gasteiger partial charge in [-0.25, -0.2) is 4.99 Å². The van der Waals surface area contributed by atoms with Crippen LogP contribution in [0.5, 0.6) is 0 Å². The Morgan fingerprint density at radius 2 is 1.81 bits per heavy atom. The van der Waals surface area contributed by atoms with Crippen LogP contribution in [0.15, 0.2) is 59.5 Å².